The lowest BCUT2D eigenvalue weighted by Gasteiger charge is -2.06. The fourth-order valence-corrected chi connectivity index (χ4v) is 4.30. The van der Waals surface area contributed by atoms with Crippen molar-refractivity contribution in [3.8, 4) is 17.0 Å². The van der Waals surface area contributed by atoms with Crippen molar-refractivity contribution < 1.29 is 14.3 Å². The average molecular weight is 392 g/mol. The van der Waals surface area contributed by atoms with E-state index in [1.165, 1.54) is 24.0 Å². The number of nitrogens with two attached hydrogens (primary N) is 1. The first kappa shape index (κ1) is 18.1. The van der Waals surface area contributed by atoms with Gasteiger partial charge in [-0.1, -0.05) is 18.2 Å². The monoisotopic (exact) mass is 392 g/mol. The second kappa shape index (κ2) is 7.40. The number of benzene rings is 2. The number of aromatic amines is 1. The first-order valence-electron chi connectivity index (χ1n) is 8.81. The van der Waals surface area contributed by atoms with E-state index in [2.05, 4.69) is 17.1 Å². The van der Waals surface area contributed by atoms with Crippen molar-refractivity contribution in [1.82, 2.24) is 4.98 Å². The third-order valence-electron chi connectivity index (χ3n) is 4.76. The highest BCUT2D eigenvalue weighted by Gasteiger charge is 2.18. The molecule has 0 unspecified atom stereocenters. The number of nitrogen functional groups attached to an aromatic ring is 1. The predicted octanol–water partition coefficient (Wildman–Crippen LogP) is 4.86. The second-order valence-electron chi connectivity index (χ2n) is 6.41. The molecule has 0 saturated heterocycles. The molecule has 0 aliphatic heterocycles. The van der Waals surface area contributed by atoms with E-state index in [1.54, 1.807) is 7.11 Å². The zero-order valence-electron chi connectivity index (χ0n) is 15.6. The van der Waals surface area contributed by atoms with Crippen LogP contribution in [0.15, 0.2) is 54.6 Å². The van der Waals surface area contributed by atoms with Crippen molar-refractivity contribution in [1.29, 1.82) is 0 Å². The lowest BCUT2D eigenvalue weighted by Crippen LogP contribution is -2.02. The first-order valence-corrected chi connectivity index (χ1v) is 9.63. The number of H-pyrrole nitrogens is 1. The maximum atomic E-state index is 11.9. The molecular weight excluding hydrogens is 372 g/mol. The summed E-state index contributed by atoms with van der Waals surface area (Å²) >= 11 is 1.42. The fourth-order valence-electron chi connectivity index (χ4n) is 3.38. The molecule has 2 heterocycles. The number of esters is 1. The summed E-state index contributed by atoms with van der Waals surface area (Å²) in [5.41, 5.74) is 10.8. The molecule has 2 aromatic heterocycles. The van der Waals surface area contributed by atoms with Crippen LogP contribution in [0.4, 0.5) is 5.00 Å². The lowest BCUT2D eigenvalue weighted by atomic mass is 10.0. The van der Waals surface area contributed by atoms with Crippen LogP contribution in [0.3, 0.4) is 0 Å². The molecule has 0 aliphatic rings. The first-order chi connectivity index (χ1) is 13.6. The Morgan fingerprint density at radius 2 is 1.86 bits per heavy atom. The van der Waals surface area contributed by atoms with Crippen LogP contribution in [0.1, 0.15) is 20.8 Å². The van der Waals surface area contributed by atoms with E-state index in [1.807, 2.05) is 42.5 Å². The summed E-state index contributed by atoms with van der Waals surface area (Å²) in [7, 11) is 3.02. The van der Waals surface area contributed by atoms with Crippen LogP contribution in [-0.2, 0) is 11.2 Å². The van der Waals surface area contributed by atoms with E-state index in [0.717, 1.165) is 32.8 Å². The predicted molar refractivity (Wildman–Crippen MR) is 113 cm³/mol. The quantitative estimate of drug-likeness (QED) is 0.475. The summed E-state index contributed by atoms with van der Waals surface area (Å²) in [5, 5.41) is 1.63. The van der Waals surface area contributed by atoms with Crippen molar-refractivity contribution >= 4 is 33.2 Å². The van der Waals surface area contributed by atoms with Crippen molar-refractivity contribution in [2.45, 2.75) is 6.42 Å². The van der Waals surface area contributed by atoms with Crippen LogP contribution in [-0.4, -0.2) is 25.2 Å². The molecule has 0 atom stereocenters. The lowest BCUT2D eigenvalue weighted by molar-refractivity contribution is 0.0602. The standard InChI is InChI=1S/C22H20N2O3S/c1-26-14-9-7-13(8-10-14)20-17(16-5-3-4-6-19(16)24-20)11-15-12-18(21(23)28-15)22(25)27-2/h3-10,12,24H,11,23H2,1-2H3. The molecule has 4 aromatic rings. The minimum absolute atomic E-state index is 0.408. The summed E-state index contributed by atoms with van der Waals surface area (Å²) in [6.45, 7) is 0. The Bertz CT molecular complexity index is 1140. The number of rotatable bonds is 5. The maximum Gasteiger partial charge on any atom is 0.340 e. The van der Waals surface area contributed by atoms with Crippen molar-refractivity contribution in [2.75, 3.05) is 20.0 Å². The summed E-state index contributed by atoms with van der Waals surface area (Å²) in [6, 6.07) is 18.0. The Morgan fingerprint density at radius 3 is 2.57 bits per heavy atom. The number of thiophene rings is 1. The Labute approximate surface area is 166 Å². The summed E-state index contributed by atoms with van der Waals surface area (Å²) in [4.78, 5) is 16.4. The topological polar surface area (TPSA) is 77.3 Å². The van der Waals surface area contributed by atoms with Crippen LogP contribution in [0.25, 0.3) is 22.2 Å². The summed E-state index contributed by atoms with van der Waals surface area (Å²) in [5.74, 6) is 0.407. The van der Waals surface area contributed by atoms with Gasteiger partial charge >= 0.3 is 5.97 Å². The molecule has 0 radical (unpaired) electrons. The molecule has 0 aliphatic carbocycles. The molecule has 0 amide bonds. The van der Waals surface area contributed by atoms with Crippen molar-refractivity contribution in [2.24, 2.45) is 0 Å². The largest absolute Gasteiger partial charge is 0.497 e. The maximum absolute atomic E-state index is 11.9. The van der Waals surface area contributed by atoms with Gasteiger partial charge in [0, 0.05) is 22.2 Å². The highest BCUT2D eigenvalue weighted by Crippen LogP contribution is 2.35. The molecule has 28 heavy (non-hydrogen) atoms. The number of hydrogen-bond donors (Lipinski definition) is 2. The van der Waals surface area contributed by atoms with Crippen molar-refractivity contribution in [3.63, 3.8) is 0 Å². The van der Waals surface area contributed by atoms with Gasteiger partial charge in [0.2, 0.25) is 0 Å². The van der Waals surface area contributed by atoms with Gasteiger partial charge in [-0.3, -0.25) is 0 Å². The van der Waals surface area contributed by atoms with Gasteiger partial charge in [0.15, 0.2) is 0 Å². The highest BCUT2D eigenvalue weighted by molar-refractivity contribution is 7.16. The van der Waals surface area contributed by atoms with Crippen LogP contribution < -0.4 is 10.5 Å². The molecule has 0 saturated carbocycles. The molecule has 2 aromatic carbocycles. The normalized spacial score (nSPS) is 10.9. The SMILES string of the molecule is COC(=O)c1cc(Cc2c(-c3ccc(OC)cc3)[nH]c3ccccc23)sc1N. The van der Waals surface area contributed by atoms with E-state index in [9.17, 15) is 4.79 Å². The van der Waals surface area contributed by atoms with Crippen LogP contribution in [0.2, 0.25) is 0 Å². The molecule has 5 nitrogen and oxygen atoms in total. The highest BCUT2D eigenvalue weighted by atomic mass is 32.1. The number of fused-ring (bicyclic) bond motifs is 1. The van der Waals surface area contributed by atoms with Gasteiger partial charge in [-0.15, -0.1) is 11.3 Å². The number of ether oxygens (including phenoxy) is 2. The zero-order valence-corrected chi connectivity index (χ0v) is 16.4. The molecule has 6 heteroatoms. The molecular formula is C22H20N2O3S. The summed E-state index contributed by atoms with van der Waals surface area (Å²) in [6.07, 6.45) is 0.664. The minimum atomic E-state index is -0.408. The third kappa shape index (κ3) is 3.23. The van der Waals surface area contributed by atoms with E-state index >= 15 is 0 Å². The van der Waals surface area contributed by atoms with Crippen LogP contribution in [0, 0.1) is 0 Å². The van der Waals surface area contributed by atoms with Crippen LogP contribution in [0.5, 0.6) is 5.75 Å². The number of carbonyl (C=O) groups excluding carboxylic acids is 1. The Balaban J connectivity index is 1.80. The van der Waals surface area contributed by atoms with Gasteiger partial charge in [-0.2, -0.15) is 0 Å². The summed E-state index contributed by atoms with van der Waals surface area (Å²) < 4.78 is 10.1. The van der Waals surface area contributed by atoms with Crippen LogP contribution >= 0.6 is 11.3 Å². The van der Waals surface area contributed by atoms with Gasteiger partial charge in [0.05, 0.1) is 25.5 Å². The smallest absolute Gasteiger partial charge is 0.340 e. The van der Waals surface area contributed by atoms with Gasteiger partial charge < -0.3 is 20.2 Å². The van der Waals surface area contributed by atoms with E-state index in [0.29, 0.717) is 17.0 Å². The number of para-hydroxylation sites is 1. The Kier molecular flexibility index (Phi) is 4.79. The number of anilines is 1. The van der Waals surface area contributed by atoms with Crippen molar-refractivity contribution in [3.05, 3.63) is 70.6 Å². The number of hydrogen-bond acceptors (Lipinski definition) is 5. The molecule has 142 valence electrons. The number of aromatic nitrogens is 1. The molecule has 3 N–H and O–H groups in total. The minimum Gasteiger partial charge on any atom is -0.497 e. The molecule has 0 spiro atoms. The van der Waals surface area contributed by atoms with Gasteiger partial charge in [0.1, 0.15) is 10.8 Å². The van der Waals surface area contributed by atoms with Gasteiger partial charge in [-0.25, -0.2) is 4.79 Å². The Morgan fingerprint density at radius 1 is 1.11 bits per heavy atom. The third-order valence-corrected chi connectivity index (χ3v) is 5.72. The van der Waals surface area contributed by atoms with E-state index < -0.39 is 5.97 Å². The fraction of sp³-hybridized carbons (Fsp3) is 0.136. The van der Waals surface area contributed by atoms with E-state index in [4.69, 9.17) is 15.2 Å². The zero-order chi connectivity index (χ0) is 19.7. The Hall–Kier alpha value is -3.25. The van der Waals surface area contributed by atoms with E-state index in [-0.39, 0.29) is 0 Å². The number of methoxy groups -OCH3 is 2. The average Bonchev–Trinajstić information content (AvgIpc) is 3.28. The van der Waals surface area contributed by atoms with Gasteiger partial charge in [0.25, 0.3) is 0 Å². The second-order valence-corrected chi connectivity index (χ2v) is 7.58. The molecule has 4 rings (SSSR count). The number of nitrogens with one attached hydrogen (secondary N) is 1. The molecule has 0 bridgehead atoms. The number of carbonyl (C=O) groups is 1. The van der Waals surface area contributed by atoms with Gasteiger partial charge in [-0.05, 0) is 47.5 Å². The molecule has 0 fully saturated rings.